The first-order chi connectivity index (χ1) is 12.9. The van der Waals surface area contributed by atoms with Crippen LogP contribution in [0.4, 0.5) is 0 Å². The van der Waals surface area contributed by atoms with Crippen LogP contribution in [0.3, 0.4) is 0 Å². The fourth-order valence-electron chi connectivity index (χ4n) is 2.60. The van der Waals surface area contributed by atoms with E-state index in [9.17, 15) is 14.4 Å². The monoisotopic (exact) mass is 367 g/mol. The predicted octanol–water partition coefficient (Wildman–Crippen LogP) is 3.69. The van der Waals surface area contributed by atoms with Gasteiger partial charge in [-0.2, -0.15) is 0 Å². The van der Waals surface area contributed by atoms with Crippen molar-refractivity contribution in [2.75, 3.05) is 6.61 Å². The van der Waals surface area contributed by atoms with E-state index in [-0.39, 0.29) is 37.2 Å². The molecule has 0 aliphatic heterocycles. The molecule has 0 aliphatic carbocycles. The minimum absolute atomic E-state index is 0.0483. The highest BCUT2D eigenvalue weighted by Gasteiger charge is 2.14. The molecule has 142 valence electrons. The van der Waals surface area contributed by atoms with Gasteiger partial charge < -0.3 is 10.1 Å². The van der Waals surface area contributed by atoms with E-state index in [0.29, 0.717) is 5.56 Å². The lowest BCUT2D eigenvalue weighted by molar-refractivity contribution is -0.148. The number of amides is 1. The summed E-state index contributed by atoms with van der Waals surface area (Å²) in [7, 11) is 0. The first-order valence-electron chi connectivity index (χ1n) is 8.97. The van der Waals surface area contributed by atoms with E-state index in [0.717, 1.165) is 16.7 Å². The van der Waals surface area contributed by atoms with Gasteiger partial charge in [0.05, 0.1) is 12.5 Å². The summed E-state index contributed by atoms with van der Waals surface area (Å²) in [4.78, 5) is 35.9. The molecular weight excluding hydrogens is 342 g/mol. The molecule has 1 atom stereocenters. The second kappa shape index (κ2) is 9.67. The minimum Gasteiger partial charge on any atom is -0.456 e. The molecule has 1 amide bonds. The van der Waals surface area contributed by atoms with Crippen molar-refractivity contribution in [2.24, 2.45) is 0 Å². The topological polar surface area (TPSA) is 72.5 Å². The summed E-state index contributed by atoms with van der Waals surface area (Å²) in [5, 5.41) is 2.77. The summed E-state index contributed by atoms with van der Waals surface area (Å²) in [5.74, 6) is -1.05. The van der Waals surface area contributed by atoms with E-state index in [1.54, 1.807) is 6.07 Å². The Morgan fingerprint density at radius 2 is 1.67 bits per heavy atom. The number of benzene rings is 2. The second-order valence-corrected chi connectivity index (χ2v) is 6.58. The predicted molar refractivity (Wildman–Crippen MR) is 103 cm³/mol. The molecular formula is C22H25NO4. The average molecular weight is 367 g/mol. The summed E-state index contributed by atoms with van der Waals surface area (Å²) in [6.45, 7) is 5.42. The molecule has 0 radical (unpaired) electrons. The van der Waals surface area contributed by atoms with Crippen LogP contribution in [0.15, 0.2) is 48.5 Å². The quantitative estimate of drug-likeness (QED) is 0.570. The van der Waals surface area contributed by atoms with Gasteiger partial charge >= 0.3 is 5.97 Å². The van der Waals surface area contributed by atoms with Crippen LogP contribution < -0.4 is 5.32 Å². The first-order valence-corrected chi connectivity index (χ1v) is 8.97. The Morgan fingerprint density at radius 3 is 2.33 bits per heavy atom. The van der Waals surface area contributed by atoms with Gasteiger partial charge in [-0.05, 0) is 43.5 Å². The number of hydrogen-bond donors (Lipinski definition) is 1. The highest BCUT2D eigenvalue weighted by Crippen LogP contribution is 2.13. The van der Waals surface area contributed by atoms with Gasteiger partial charge in [-0.1, -0.05) is 42.5 Å². The summed E-state index contributed by atoms with van der Waals surface area (Å²) in [5.41, 5.74) is 3.70. The van der Waals surface area contributed by atoms with Crippen molar-refractivity contribution >= 4 is 17.7 Å². The Hall–Kier alpha value is -2.95. The number of ketones is 1. The molecule has 0 bridgehead atoms. The van der Waals surface area contributed by atoms with Gasteiger partial charge in [0, 0.05) is 12.0 Å². The van der Waals surface area contributed by atoms with E-state index < -0.39 is 5.97 Å². The number of nitrogens with one attached hydrogen (secondary N) is 1. The van der Waals surface area contributed by atoms with Crippen LogP contribution in [0.5, 0.6) is 0 Å². The number of esters is 1. The van der Waals surface area contributed by atoms with Crippen LogP contribution in [0.1, 0.15) is 52.9 Å². The fraction of sp³-hybridized carbons (Fsp3) is 0.318. The molecule has 0 unspecified atom stereocenters. The summed E-state index contributed by atoms with van der Waals surface area (Å²) >= 11 is 0. The van der Waals surface area contributed by atoms with E-state index in [1.807, 2.05) is 63.2 Å². The lowest BCUT2D eigenvalue weighted by Gasteiger charge is -2.14. The molecule has 2 aromatic rings. The highest BCUT2D eigenvalue weighted by molar-refractivity contribution is 5.97. The Balaban J connectivity index is 1.73. The Labute approximate surface area is 159 Å². The SMILES string of the molecule is Cc1ccc(C(=O)CCC(=O)OCC(=O)N[C@H](C)c2ccccc2)cc1C. The van der Waals surface area contributed by atoms with Crippen LogP contribution in [0.2, 0.25) is 0 Å². The van der Waals surface area contributed by atoms with Crippen molar-refractivity contribution in [1.82, 2.24) is 5.32 Å². The van der Waals surface area contributed by atoms with E-state index in [2.05, 4.69) is 5.32 Å². The van der Waals surface area contributed by atoms with Gasteiger partial charge in [0.1, 0.15) is 0 Å². The number of rotatable bonds is 8. The van der Waals surface area contributed by atoms with E-state index in [4.69, 9.17) is 4.74 Å². The van der Waals surface area contributed by atoms with Crippen molar-refractivity contribution in [3.8, 4) is 0 Å². The first kappa shape index (κ1) is 20.4. The zero-order valence-corrected chi connectivity index (χ0v) is 16.0. The summed E-state index contributed by atoms with van der Waals surface area (Å²) in [6, 6.07) is 14.8. The normalized spacial score (nSPS) is 11.5. The van der Waals surface area contributed by atoms with Crippen LogP contribution in [0, 0.1) is 13.8 Å². The molecule has 0 saturated carbocycles. The standard InChI is InChI=1S/C22H25NO4/c1-15-9-10-19(13-16(15)2)20(24)11-12-22(26)27-14-21(25)23-17(3)18-7-5-4-6-8-18/h4-10,13,17H,11-12,14H2,1-3H3,(H,23,25)/t17-/m1/s1. The van der Waals surface area contributed by atoms with Gasteiger partial charge in [-0.25, -0.2) is 0 Å². The minimum atomic E-state index is -0.560. The number of hydrogen-bond acceptors (Lipinski definition) is 4. The molecule has 1 N–H and O–H groups in total. The van der Waals surface area contributed by atoms with Gasteiger partial charge in [0.25, 0.3) is 5.91 Å². The number of aryl methyl sites for hydroxylation is 2. The Kier molecular flexibility index (Phi) is 7.29. The maximum absolute atomic E-state index is 12.2. The summed E-state index contributed by atoms with van der Waals surface area (Å²) < 4.78 is 4.97. The number of ether oxygens (including phenoxy) is 1. The number of Topliss-reactive ketones (excluding diaryl/α,β-unsaturated/α-hetero) is 1. The van der Waals surface area contributed by atoms with E-state index >= 15 is 0 Å². The molecule has 0 saturated heterocycles. The zero-order valence-electron chi connectivity index (χ0n) is 16.0. The summed E-state index contributed by atoms with van der Waals surface area (Å²) in [6.07, 6.45) is 0.0106. The van der Waals surface area contributed by atoms with Crippen molar-refractivity contribution in [3.63, 3.8) is 0 Å². The van der Waals surface area contributed by atoms with Gasteiger partial charge in [-0.3, -0.25) is 14.4 Å². The van der Waals surface area contributed by atoms with Crippen LogP contribution in [-0.2, 0) is 14.3 Å². The molecule has 27 heavy (non-hydrogen) atoms. The lowest BCUT2D eigenvalue weighted by Crippen LogP contribution is -2.31. The highest BCUT2D eigenvalue weighted by atomic mass is 16.5. The maximum Gasteiger partial charge on any atom is 0.306 e. The largest absolute Gasteiger partial charge is 0.456 e. The molecule has 0 fully saturated rings. The van der Waals surface area contributed by atoms with Crippen LogP contribution in [0.25, 0.3) is 0 Å². The molecule has 0 aromatic heterocycles. The van der Waals surface area contributed by atoms with Crippen molar-refractivity contribution in [2.45, 2.75) is 39.7 Å². The fourth-order valence-corrected chi connectivity index (χ4v) is 2.60. The van der Waals surface area contributed by atoms with Crippen molar-refractivity contribution in [1.29, 1.82) is 0 Å². The molecule has 0 aliphatic rings. The number of carbonyl (C=O) groups is 3. The van der Waals surface area contributed by atoms with Gasteiger partial charge in [0.2, 0.25) is 0 Å². The zero-order chi connectivity index (χ0) is 19.8. The van der Waals surface area contributed by atoms with Crippen LogP contribution >= 0.6 is 0 Å². The van der Waals surface area contributed by atoms with Crippen LogP contribution in [-0.4, -0.2) is 24.3 Å². The third kappa shape index (κ3) is 6.37. The van der Waals surface area contributed by atoms with Crippen molar-refractivity contribution < 1.29 is 19.1 Å². The molecule has 5 nitrogen and oxygen atoms in total. The molecule has 0 heterocycles. The molecule has 0 spiro atoms. The molecule has 2 rings (SSSR count). The Bertz CT molecular complexity index is 814. The Morgan fingerprint density at radius 1 is 0.963 bits per heavy atom. The maximum atomic E-state index is 12.2. The van der Waals surface area contributed by atoms with Gasteiger partial charge in [-0.15, -0.1) is 0 Å². The second-order valence-electron chi connectivity index (χ2n) is 6.58. The smallest absolute Gasteiger partial charge is 0.306 e. The number of carbonyl (C=O) groups excluding carboxylic acids is 3. The molecule has 2 aromatic carbocycles. The lowest BCUT2D eigenvalue weighted by atomic mass is 10.0. The molecule has 5 heteroatoms. The van der Waals surface area contributed by atoms with Gasteiger partial charge in [0.15, 0.2) is 12.4 Å². The van der Waals surface area contributed by atoms with Crippen molar-refractivity contribution in [3.05, 3.63) is 70.8 Å². The third-order valence-corrected chi connectivity index (χ3v) is 4.43. The van der Waals surface area contributed by atoms with E-state index in [1.165, 1.54) is 0 Å². The third-order valence-electron chi connectivity index (χ3n) is 4.43. The average Bonchev–Trinajstić information content (AvgIpc) is 2.67.